The van der Waals surface area contributed by atoms with Crippen LogP contribution in [0.2, 0.25) is 5.02 Å². The van der Waals surface area contributed by atoms with Crippen LogP contribution in [0.25, 0.3) is 10.9 Å². The number of urea groups is 1. The molecule has 3 heterocycles. The first-order valence-electron chi connectivity index (χ1n) is 11.5. The number of amides is 4. The largest absolute Gasteiger partial charge is 0.384 e. The smallest absolute Gasteiger partial charge is 0.318 e. The second-order valence-electron chi connectivity index (χ2n) is 8.63. The Morgan fingerprint density at radius 2 is 1.91 bits per heavy atom. The van der Waals surface area contributed by atoms with Crippen LogP contribution in [0.1, 0.15) is 19.3 Å². The van der Waals surface area contributed by atoms with Crippen molar-refractivity contribution in [2.24, 2.45) is 0 Å². The number of hydrogen-bond acceptors (Lipinski definition) is 6. The monoisotopic (exact) mass is 487 g/mol. The Balaban J connectivity index is 1.39. The number of benzene rings is 1. The van der Waals surface area contributed by atoms with Gasteiger partial charge in [0, 0.05) is 61.9 Å². The molecule has 182 valence electrons. The SMILES string of the molecule is CNC(=O)CN1CCCC[C@H](NC(=O)N2CCN(c3cc(N)nc4cc(Cl)ccc34)CC2)C1=O. The first-order valence-corrected chi connectivity index (χ1v) is 11.9. The van der Waals surface area contributed by atoms with E-state index in [9.17, 15) is 14.4 Å². The van der Waals surface area contributed by atoms with E-state index in [-0.39, 0.29) is 24.4 Å². The second-order valence-corrected chi connectivity index (χ2v) is 9.07. The molecule has 1 aromatic carbocycles. The molecule has 0 radical (unpaired) electrons. The van der Waals surface area contributed by atoms with Crippen LogP contribution >= 0.6 is 11.6 Å². The van der Waals surface area contributed by atoms with Crippen LogP contribution in [0.3, 0.4) is 0 Å². The number of aromatic nitrogens is 1. The number of nitrogens with zero attached hydrogens (tertiary/aromatic N) is 4. The number of carbonyl (C=O) groups is 3. The van der Waals surface area contributed by atoms with Crippen molar-refractivity contribution in [1.29, 1.82) is 0 Å². The third-order valence-electron chi connectivity index (χ3n) is 6.37. The zero-order chi connectivity index (χ0) is 24.2. The van der Waals surface area contributed by atoms with Crippen LogP contribution in [0, 0.1) is 0 Å². The van der Waals surface area contributed by atoms with Gasteiger partial charge in [0.15, 0.2) is 0 Å². The van der Waals surface area contributed by atoms with Crippen LogP contribution in [0.4, 0.5) is 16.3 Å². The van der Waals surface area contributed by atoms with Gasteiger partial charge in [0.05, 0.1) is 12.1 Å². The lowest BCUT2D eigenvalue weighted by Crippen LogP contribution is -2.56. The lowest BCUT2D eigenvalue weighted by molar-refractivity contribution is -0.136. The van der Waals surface area contributed by atoms with Gasteiger partial charge in [0.1, 0.15) is 11.9 Å². The quantitative estimate of drug-likeness (QED) is 0.599. The summed E-state index contributed by atoms with van der Waals surface area (Å²) in [5.41, 5.74) is 7.71. The maximum absolute atomic E-state index is 13.0. The summed E-state index contributed by atoms with van der Waals surface area (Å²) in [6.07, 6.45) is 2.19. The average molecular weight is 488 g/mol. The van der Waals surface area contributed by atoms with Crippen molar-refractivity contribution in [2.45, 2.75) is 25.3 Å². The molecule has 4 N–H and O–H groups in total. The number of likely N-dealkylation sites (tertiary alicyclic amines) is 1. The topological polar surface area (TPSA) is 124 Å². The van der Waals surface area contributed by atoms with Gasteiger partial charge in [-0.2, -0.15) is 0 Å². The van der Waals surface area contributed by atoms with E-state index in [0.717, 1.165) is 29.4 Å². The first kappa shape index (κ1) is 23.9. The summed E-state index contributed by atoms with van der Waals surface area (Å²) in [5.74, 6) is -0.00778. The Morgan fingerprint density at radius 3 is 2.65 bits per heavy atom. The van der Waals surface area contributed by atoms with E-state index in [2.05, 4.69) is 20.5 Å². The van der Waals surface area contributed by atoms with E-state index in [1.165, 1.54) is 4.90 Å². The minimum atomic E-state index is -0.619. The van der Waals surface area contributed by atoms with E-state index in [1.54, 1.807) is 18.0 Å². The fourth-order valence-electron chi connectivity index (χ4n) is 4.50. The molecule has 1 aromatic heterocycles. The summed E-state index contributed by atoms with van der Waals surface area (Å²) in [6.45, 7) is 2.78. The molecule has 0 unspecified atom stereocenters. The number of carbonyl (C=O) groups excluding carboxylic acids is 3. The Morgan fingerprint density at radius 1 is 1.15 bits per heavy atom. The zero-order valence-corrected chi connectivity index (χ0v) is 20.0. The Hall–Kier alpha value is -3.27. The molecule has 2 fully saturated rings. The third kappa shape index (κ3) is 5.27. The van der Waals surface area contributed by atoms with Crippen LogP contribution < -0.4 is 21.3 Å². The lowest BCUT2D eigenvalue weighted by Gasteiger charge is -2.37. The van der Waals surface area contributed by atoms with Crippen LogP contribution in [-0.4, -0.2) is 85.0 Å². The van der Waals surface area contributed by atoms with E-state index < -0.39 is 6.04 Å². The highest BCUT2D eigenvalue weighted by atomic mass is 35.5. The van der Waals surface area contributed by atoms with E-state index in [0.29, 0.717) is 50.0 Å². The predicted molar refractivity (Wildman–Crippen MR) is 132 cm³/mol. The van der Waals surface area contributed by atoms with Gasteiger partial charge < -0.3 is 31.1 Å². The molecular formula is C23H30ClN7O3. The second kappa shape index (κ2) is 10.3. The molecule has 2 aliphatic heterocycles. The maximum Gasteiger partial charge on any atom is 0.318 e. The molecule has 0 bridgehead atoms. The van der Waals surface area contributed by atoms with E-state index in [4.69, 9.17) is 17.3 Å². The van der Waals surface area contributed by atoms with Crippen molar-refractivity contribution >= 4 is 51.9 Å². The number of anilines is 2. The van der Waals surface area contributed by atoms with Gasteiger partial charge in [-0.1, -0.05) is 11.6 Å². The fraction of sp³-hybridized carbons (Fsp3) is 0.478. The predicted octanol–water partition coefficient (Wildman–Crippen LogP) is 1.43. The molecule has 0 saturated carbocycles. The normalized spacial score (nSPS) is 19.2. The maximum atomic E-state index is 13.0. The van der Waals surface area contributed by atoms with Gasteiger partial charge in [-0.25, -0.2) is 9.78 Å². The van der Waals surface area contributed by atoms with Crippen LogP contribution in [0.5, 0.6) is 0 Å². The number of nitrogen functional groups attached to an aromatic ring is 1. The number of piperazine rings is 1. The van der Waals surface area contributed by atoms with E-state index in [1.807, 2.05) is 18.2 Å². The minimum absolute atomic E-state index is 0.00854. The molecule has 1 atom stereocenters. The molecular weight excluding hydrogens is 458 g/mol. The minimum Gasteiger partial charge on any atom is -0.384 e. The number of likely N-dealkylation sites (N-methyl/N-ethyl adjacent to an activating group) is 1. The van der Waals surface area contributed by atoms with Crippen molar-refractivity contribution in [3.63, 3.8) is 0 Å². The van der Waals surface area contributed by atoms with Gasteiger partial charge in [-0.3, -0.25) is 9.59 Å². The summed E-state index contributed by atoms with van der Waals surface area (Å²) < 4.78 is 0. The summed E-state index contributed by atoms with van der Waals surface area (Å²) in [5, 5.41) is 7.00. The molecule has 2 aromatic rings. The summed E-state index contributed by atoms with van der Waals surface area (Å²) in [6, 6.07) is 6.51. The van der Waals surface area contributed by atoms with Crippen LogP contribution in [0.15, 0.2) is 24.3 Å². The van der Waals surface area contributed by atoms with Crippen molar-refractivity contribution < 1.29 is 14.4 Å². The van der Waals surface area contributed by atoms with Gasteiger partial charge >= 0.3 is 6.03 Å². The first-order chi connectivity index (χ1) is 16.4. The number of rotatable bonds is 4. The van der Waals surface area contributed by atoms with Gasteiger partial charge in [0.2, 0.25) is 11.8 Å². The standard InChI is InChI=1S/C23H30ClN7O3/c1-26-21(32)14-31-7-3-2-4-17(22(31)33)28-23(34)30-10-8-29(9-11-30)19-13-20(25)27-18-12-15(24)5-6-16(18)19/h5-6,12-13,17H,2-4,7-11,14H2,1H3,(H2,25,27)(H,26,32)(H,28,34)/t17-/m0/s1. The number of hydrogen-bond donors (Lipinski definition) is 3. The number of nitrogens with two attached hydrogens (primary N) is 1. The van der Waals surface area contributed by atoms with Crippen molar-refractivity contribution in [2.75, 3.05) is 56.9 Å². The summed E-state index contributed by atoms with van der Waals surface area (Å²) in [7, 11) is 1.54. The molecule has 4 rings (SSSR count). The Bertz CT molecular complexity index is 1080. The van der Waals surface area contributed by atoms with Crippen LogP contribution in [-0.2, 0) is 9.59 Å². The highest BCUT2D eigenvalue weighted by Gasteiger charge is 2.31. The molecule has 2 saturated heterocycles. The van der Waals surface area contributed by atoms with Crippen molar-refractivity contribution in [3.8, 4) is 0 Å². The number of halogens is 1. The highest BCUT2D eigenvalue weighted by molar-refractivity contribution is 6.31. The third-order valence-corrected chi connectivity index (χ3v) is 6.60. The molecule has 10 nitrogen and oxygen atoms in total. The van der Waals surface area contributed by atoms with Crippen molar-refractivity contribution in [3.05, 3.63) is 29.3 Å². The number of fused-ring (bicyclic) bond motifs is 1. The number of pyridine rings is 1. The Kier molecular flexibility index (Phi) is 7.26. The molecule has 0 spiro atoms. The molecule has 0 aliphatic carbocycles. The van der Waals surface area contributed by atoms with E-state index >= 15 is 0 Å². The average Bonchev–Trinajstić information content (AvgIpc) is 2.99. The zero-order valence-electron chi connectivity index (χ0n) is 19.2. The Labute approximate surface area is 203 Å². The molecule has 4 amide bonds. The summed E-state index contributed by atoms with van der Waals surface area (Å²) >= 11 is 6.11. The summed E-state index contributed by atoms with van der Waals surface area (Å²) in [4.78, 5) is 47.4. The number of nitrogens with one attached hydrogen (secondary N) is 2. The molecule has 11 heteroatoms. The van der Waals surface area contributed by atoms with Gasteiger partial charge in [0.25, 0.3) is 0 Å². The lowest BCUT2D eigenvalue weighted by atomic mass is 10.1. The molecule has 34 heavy (non-hydrogen) atoms. The van der Waals surface area contributed by atoms with Gasteiger partial charge in [-0.05, 0) is 37.5 Å². The highest BCUT2D eigenvalue weighted by Crippen LogP contribution is 2.30. The fourth-order valence-corrected chi connectivity index (χ4v) is 4.67. The van der Waals surface area contributed by atoms with Crippen molar-refractivity contribution in [1.82, 2.24) is 25.4 Å². The molecule has 2 aliphatic rings. The van der Waals surface area contributed by atoms with Gasteiger partial charge in [-0.15, -0.1) is 0 Å².